The van der Waals surface area contributed by atoms with Gasteiger partial charge in [-0.05, 0) is 19.8 Å². The number of ketones is 1. The number of sulfone groups is 1. The number of rotatable bonds is 7. The van der Waals surface area contributed by atoms with Gasteiger partial charge in [0, 0.05) is 19.6 Å². The van der Waals surface area contributed by atoms with E-state index in [1.807, 2.05) is 0 Å². The molecular formula is C12H20O6S. The van der Waals surface area contributed by atoms with Crippen molar-refractivity contribution in [3.05, 3.63) is 0 Å². The van der Waals surface area contributed by atoms with Crippen LogP contribution >= 0.6 is 0 Å². The van der Waals surface area contributed by atoms with E-state index in [1.54, 1.807) is 6.92 Å². The van der Waals surface area contributed by atoms with Crippen LogP contribution in [0.15, 0.2) is 0 Å². The number of carbonyl (C=O) groups is 2. The highest BCUT2D eigenvalue weighted by Crippen LogP contribution is 2.17. The zero-order valence-electron chi connectivity index (χ0n) is 11.1. The Labute approximate surface area is 113 Å². The van der Waals surface area contributed by atoms with Gasteiger partial charge in [-0.3, -0.25) is 9.59 Å². The van der Waals surface area contributed by atoms with Crippen molar-refractivity contribution < 1.29 is 27.5 Å². The summed E-state index contributed by atoms with van der Waals surface area (Å²) in [7, 11) is -3.42. The third kappa shape index (κ3) is 5.69. The minimum atomic E-state index is -3.42. The lowest BCUT2D eigenvalue weighted by molar-refractivity contribution is -0.144. The van der Waals surface area contributed by atoms with Gasteiger partial charge in [-0.15, -0.1) is 0 Å². The molecule has 7 heteroatoms. The van der Waals surface area contributed by atoms with E-state index >= 15 is 0 Å². The van der Waals surface area contributed by atoms with Crippen molar-refractivity contribution in [3.63, 3.8) is 0 Å². The summed E-state index contributed by atoms with van der Waals surface area (Å²) in [6.07, 6.45) is 0.734. The van der Waals surface area contributed by atoms with Crippen LogP contribution in [0, 0.1) is 0 Å². The zero-order valence-corrected chi connectivity index (χ0v) is 11.9. The molecule has 1 rings (SSSR count). The number of ether oxygens (including phenoxy) is 2. The monoisotopic (exact) mass is 292 g/mol. The van der Waals surface area contributed by atoms with Gasteiger partial charge in [-0.1, -0.05) is 0 Å². The number of hydrogen-bond acceptors (Lipinski definition) is 6. The first kappa shape index (κ1) is 16.1. The highest BCUT2D eigenvalue weighted by molar-refractivity contribution is 7.92. The second-order valence-corrected chi connectivity index (χ2v) is 6.74. The topological polar surface area (TPSA) is 86.7 Å². The molecule has 1 aliphatic rings. The van der Waals surface area contributed by atoms with Crippen molar-refractivity contribution in [2.45, 2.75) is 37.9 Å². The Morgan fingerprint density at radius 2 is 1.84 bits per heavy atom. The predicted molar refractivity (Wildman–Crippen MR) is 68.5 cm³/mol. The smallest absolute Gasteiger partial charge is 0.306 e. The number of carbonyl (C=O) groups excluding carboxylic acids is 2. The van der Waals surface area contributed by atoms with Crippen LogP contribution in [0.5, 0.6) is 0 Å². The number of esters is 1. The molecule has 0 aromatic heterocycles. The van der Waals surface area contributed by atoms with Gasteiger partial charge in [0.25, 0.3) is 0 Å². The second-order valence-electron chi connectivity index (χ2n) is 4.46. The molecule has 0 aromatic carbocycles. The lowest BCUT2D eigenvalue weighted by Gasteiger charge is -2.21. The molecule has 1 heterocycles. The molecule has 110 valence electrons. The van der Waals surface area contributed by atoms with Crippen LogP contribution in [0.4, 0.5) is 0 Å². The molecule has 0 aromatic rings. The first-order valence-electron chi connectivity index (χ1n) is 6.42. The van der Waals surface area contributed by atoms with Gasteiger partial charge >= 0.3 is 5.97 Å². The molecule has 0 saturated carbocycles. The van der Waals surface area contributed by atoms with E-state index in [1.165, 1.54) is 0 Å². The van der Waals surface area contributed by atoms with E-state index in [9.17, 15) is 18.0 Å². The van der Waals surface area contributed by atoms with Gasteiger partial charge in [-0.2, -0.15) is 0 Å². The van der Waals surface area contributed by atoms with Gasteiger partial charge in [-0.25, -0.2) is 8.42 Å². The van der Waals surface area contributed by atoms with Crippen LogP contribution in [-0.2, 0) is 28.9 Å². The van der Waals surface area contributed by atoms with Crippen LogP contribution < -0.4 is 0 Å². The van der Waals surface area contributed by atoms with E-state index in [0.29, 0.717) is 26.1 Å². The SMILES string of the molecule is CCOC(=O)CCC(=O)CS(=O)(=O)C1CCOCC1. The van der Waals surface area contributed by atoms with E-state index < -0.39 is 32.6 Å². The molecule has 0 N–H and O–H groups in total. The number of Topliss-reactive ketones (excluding diaryl/α,β-unsaturated/α-hetero) is 1. The normalized spacial score (nSPS) is 17.1. The predicted octanol–water partition coefficient (Wildman–Crippen LogP) is 0.493. The molecule has 1 fully saturated rings. The fourth-order valence-electron chi connectivity index (χ4n) is 1.92. The first-order valence-corrected chi connectivity index (χ1v) is 8.14. The molecule has 0 aliphatic carbocycles. The van der Waals surface area contributed by atoms with Gasteiger partial charge < -0.3 is 9.47 Å². The standard InChI is InChI=1S/C12H20O6S/c1-2-18-12(14)4-3-10(13)9-19(15,16)11-5-7-17-8-6-11/h11H,2-9H2,1H3. The molecule has 0 bridgehead atoms. The minimum Gasteiger partial charge on any atom is -0.466 e. The van der Waals surface area contributed by atoms with Crippen LogP contribution in [0.2, 0.25) is 0 Å². The molecule has 1 saturated heterocycles. The molecule has 1 aliphatic heterocycles. The largest absolute Gasteiger partial charge is 0.466 e. The maximum absolute atomic E-state index is 12.0. The second kappa shape index (κ2) is 7.59. The van der Waals surface area contributed by atoms with Crippen molar-refractivity contribution in [1.82, 2.24) is 0 Å². The molecule has 6 nitrogen and oxygen atoms in total. The average Bonchev–Trinajstić information content (AvgIpc) is 2.37. The summed E-state index contributed by atoms with van der Waals surface area (Å²) >= 11 is 0. The average molecular weight is 292 g/mol. The Morgan fingerprint density at radius 3 is 2.42 bits per heavy atom. The van der Waals surface area contributed by atoms with Gasteiger partial charge in [0.05, 0.1) is 18.3 Å². The molecular weight excluding hydrogens is 272 g/mol. The Morgan fingerprint density at radius 1 is 1.21 bits per heavy atom. The summed E-state index contributed by atoms with van der Waals surface area (Å²) < 4.78 is 33.7. The van der Waals surface area contributed by atoms with Crippen molar-refractivity contribution in [2.75, 3.05) is 25.6 Å². The van der Waals surface area contributed by atoms with Crippen molar-refractivity contribution in [3.8, 4) is 0 Å². The highest BCUT2D eigenvalue weighted by Gasteiger charge is 2.29. The lowest BCUT2D eigenvalue weighted by atomic mass is 10.2. The quantitative estimate of drug-likeness (QED) is 0.635. The summed E-state index contributed by atoms with van der Waals surface area (Å²) in [4.78, 5) is 22.7. The minimum absolute atomic E-state index is 0.0596. The summed E-state index contributed by atoms with van der Waals surface area (Å²) in [5.41, 5.74) is 0. The van der Waals surface area contributed by atoms with Crippen molar-refractivity contribution >= 4 is 21.6 Å². The van der Waals surface area contributed by atoms with Crippen LogP contribution in [0.1, 0.15) is 32.6 Å². The third-order valence-electron chi connectivity index (χ3n) is 2.95. The molecule has 0 spiro atoms. The first-order chi connectivity index (χ1) is 8.95. The maximum Gasteiger partial charge on any atom is 0.306 e. The van der Waals surface area contributed by atoms with Crippen LogP contribution in [0.3, 0.4) is 0 Å². The van der Waals surface area contributed by atoms with E-state index in [2.05, 4.69) is 4.74 Å². The highest BCUT2D eigenvalue weighted by atomic mass is 32.2. The van der Waals surface area contributed by atoms with Gasteiger partial charge in [0.2, 0.25) is 0 Å². The fourth-order valence-corrected chi connectivity index (χ4v) is 3.66. The van der Waals surface area contributed by atoms with Gasteiger partial charge in [0.1, 0.15) is 11.5 Å². The molecule has 0 amide bonds. The molecule has 0 unspecified atom stereocenters. The zero-order chi connectivity index (χ0) is 14.3. The third-order valence-corrected chi connectivity index (χ3v) is 5.16. The molecule has 0 radical (unpaired) electrons. The van der Waals surface area contributed by atoms with E-state index in [-0.39, 0.29) is 19.4 Å². The van der Waals surface area contributed by atoms with Crippen molar-refractivity contribution in [1.29, 1.82) is 0 Å². The van der Waals surface area contributed by atoms with Crippen molar-refractivity contribution in [2.24, 2.45) is 0 Å². The van der Waals surface area contributed by atoms with Crippen LogP contribution in [0.25, 0.3) is 0 Å². The van der Waals surface area contributed by atoms with Gasteiger partial charge in [0.15, 0.2) is 9.84 Å². The lowest BCUT2D eigenvalue weighted by Crippen LogP contribution is -2.33. The van der Waals surface area contributed by atoms with Crippen LogP contribution in [-0.4, -0.2) is 51.0 Å². The summed E-state index contributed by atoms with van der Waals surface area (Å²) in [5, 5.41) is -0.493. The fraction of sp³-hybridized carbons (Fsp3) is 0.833. The number of hydrogen-bond donors (Lipinski definition) is 0. The Hall–Kier alpha value is -0.950. The van der Waals surface area contributed by atoms with E-state index in [4.69, 9.17) is 4.74 Å². The summed E-state index contributed by atoms with van der Waals surface area (Å²) in [6, 6.07) is 0. The Kier molecular flexibility index (Phi) is 6.44. The molecule has 0 atom stereocenters. The molecule has 19 heavy (non-hydrogen) atoms. The Bertz CT molecular complexity index is 408. The Balaban J connectivity index is 2.40. The maximum atomic E-state index is 12.0. The van der Waals surface area contributed by atoms with E-state index in [0.717, 1.165) is 0 Å². The summed E-state index contributed by atoms with van der Waals surface area (Å²) in [6.45, 7) is 2.77. The summed E-state index contributed by atoms with van der Waals surface area (Å²) in [5.74, 6) is -1.39.